The van der Waals surface area contributed by atoms with Crippen LogP contribution in [-0.4, -0.2) is 32.0 Å². The topological polar surface area (TPSA) is 46.2 Å². The Labute approximate surface area is 67.1 Å². The quantitative estimate of drug-likeness (QED) is 0.560. The Bertz CT molecular complexity index is 254. The molecule has 0 aromatic rings. The van der Waals surface area contributed by atoms with Gasteiger partial charge in [0.15, 0.2) is 9.84 Å². The van der Waals surface area contributed by atoms with Crippen molar-refractivity contribution < 1.29 is 8.42 Å². The molecule has 2 fully saturated rings. The Morgan fingerprint density at radius 2 is 1.82 bits per heavy atom. The van der Waals surface area contributed by atoms with Crippen LogP contribution in [0.25, 0.3) is 0 Å². The molecule has 1 heterocycles. The lowest BCUT2D eigenvalue weighted by molar-refractivity contribution is 0.511. The molecule has 1 aliphatic carbocycles. The molecule has 0 unspecified atom stereocenters. The van der Waals surface area contributed by atoms with E-state index in [1.807, 2.05) is 0 Å². The van der Waals surface area contributed by atoms with Crippen LogP contribution in [0.5, 0.6) is 0 Å². The van der Waals surface area contributed by atoms with Crippen LogP contribution in [0.1, 0.15) is 19.3 Å². The highest BCUT2D eigenvalue weighted by Gasteiger charge is 2.43. The van der Waals surface area contributed by atoms with Crippen LogP contribution >= 0.6 is 0 Å². The number of nitrogens with one attached hydrogen (secondary N) is 1. The van der Waals surface area contributed by atoms with Crippen molar-refractivity contribution in [1.82, 2.24) is 5.32 Å². The summed E-state index contributed by atoms with van der Waals surface area (Å²) < 4.78 is 22.3. The highest BCUT2D eigenvalue weighted by atomic mass is 32.2. The lowest BCUT2D eigenvalue weighted by Gasteiger charge is -2.10. The van der Waals surface area contributed by atoms with Gasteiger partial charge in [-0.05, 0) is 19.3 Å². The van der Waals surface area contributed by atoms with Gasteiger partial charge < -0.3 is 5.32 Å². The Balaban J connectivity index is 2.09. The second kappa shape index (κ2) is 2.20. The summed E-state index contributed by atoms with van der Waals surface area (Å²) in [6.07, 6.45) is 3.17. The molecule has 0 atom stereocenters. The van der Waals surface area contributed by atoms with Crippen molar-refractivity contribution in [2.45, 2.75) is 24.8 Å². The van der Waals surface area contributed by atoms with Crippen LogP contribution in [0.15, 0.2) is 0 Å². The molecule has 3 nitrogen and oxygen atoms in total. The second-order valence-corrected chi connectivity index (χ2v) is 5.91. The summed E-state index contributed by atoms with van der Waals surface area (Å²) in [6, 6.07) is 0. The molecule has 0 bridgehead atoms. The smallest absolute Gasteiger partial charge is 0.151 e. The van der Waals surface area contributed by atoms with E-state index < -0.39 is 9.84 Å². The molecular weight excluding hydrogens is 162 g/mol. The van der Waals surface area contributed by atoms with Crippen LogP contribution in [0, 0.1) is 0 Å². The van der Waals surface area contributed by atoms with E-state index in [1.165, 1.54) is 12.8 Å². The van der Waals surface area contributed by atoms with E-state index in [2.05, 4.69) is 5.32 Å². The van der Waals surface area contributed by atoms with Crippen LogP contribution in [0.3, 0.4) is 0 Å². The summed E-state index contributed by atoms with van der Waals surface area (Å²) in [5, 5.41) is 3.31. The van der Waals surface area contributed by atoms with Gasteiger partial charge in [-0.25, -0.2) is 8.42 Å². The SMILES string of the molecule is O=S1(=O)CCNC2(CC2)CC1. The van der Waals surface area contributed by atoms with E-state index in [4.69, 9.17) is 0 Å². The maximum absolute atomic E-state index is 11.1. The lowest BCUT2D eigenvalue weighted by Crippen LogP contribution is -2.31. The van der Waals surface area contributed by atoms with Gasteiger partial charge >= 0.3 is 0 Å². The minimum Gasteiger partial charge on any atom is -0.310 e. The molecule has 2 rings (SSSR count). The Morgan fingerprint density at radius 3 is 2.45 bits per heavy atom. The normalized spacial score (nSPS) is 33.1. The molecule has 1 N–H and O–H groups in total. The van der Waals surface area contributed by atoms with Gasteiger partial charge in [0.2, 0.25) is 0 Å². The van der Waals surface area contributed by atoms with Gasteiger partial charge in [-0.2, -0.15) is 0 Å². The van der Waals surface area contributed by atoms with Crippen molar-refractivity contribution in [3.63, 3.8) is 0 Å². The van der Waals surface area contributed by atoms with Gasteiger partial charge in [0.25, 0.3) is 0 Å². The minimum absolute atomic E-state index is 0.240. The van der Waals surface area contributed by atoms with E-state index in [-0.39, 0.29) is 5.54 Å². The van der Waals surface area contributed by atoms with Crippen molar-refractivity contribution in [2.75, 3.05) is 18.1 Å². The first kappa shape index (κ1) is 7.55. The average molecular weight is 175 g/mol. The fraction of sp³-hybridized carbons (Fsp3) is 1.00. The molecule has 0 amide bonds. The van der Waals surface area contributed by atoms with Gasteiger partial charge in [0.1, 0.15) is 0 Å². The maximum atomic E-state index is 11.1. The fourth-order valence-electron chi connectivity index (χ4n) is 1.59. The zero-order valence-corrected chi connectivity index (χ0v) is 7.28. The number of rotatable bonds is 0. The maximum Gasteiger partial charge on any atom is 0.151 e. The van der Waals surface area contributed by atoms with E-state index in [0.717, 1.165) is 6.42 Å². The van der Waals surface area contributed by atoms with Gasteiger partial charge in [0.05, 0.1) is 11.5 Å². The molecule has 1 saturated carbocycles. The van der Waals surface area contributed by atoms with E-state index >= 15 is 0 Å². The van der Waals surface area contributed by atoms with E-state index in [0.29, 0.717) is 18.1 Å². The number of hydrogen-bond donors (Lipinski definition) is 1. The molecule has 0 aromatic heterocycles. The Morgan fingerprint density at radius 1 is 1.09 bits per heavy atom. The molecule has 1 spiro atoms. The van der Waals surface area contributed by atoms with E-state index in [9.17, 15) is 8.42 Å². The summed E-state index contributed by atoms with van der Waals surface area (Å²) in [5.74, 6) is 0.717. The third kappa shape index (κ3) is 1.56. The van der Waals surface area contributed by atoms with Crippen molar-refractivity contribution >= 4 is 9.84 Å². The zero-order chi connectivity index (χ0) is 7.95. The predicted octanol–water partition coefficient (Wildman–Crippen LogP) is -0.0729. The Hall–Kier alpha value is -0.0900. The average Bonchev–Trinajstić information content (AvgIpc) is 2.66. The largest absolute Gasteiger partial charge is 0.310 e. The summed E-state index contributed by atoms with van der Waals surface area (Å²) in [7, 11) is -2.71. The summed E-state index contributed by atoms with van der Waals surface area (Å²) in [6.45, 7) is 0.655. The predicted molar refractivity (Wildman–Crippen MR) is 43.2 cm³/mol. The molecule has 1 saturated heterocycles. The monoisotopic (exact) mass is 175 g/mol. The molecular formula is C7H13NO2S. The summed E-state index contributed by atoms with van der Waals surface area (Å²) in [5.41, 5.74) is 0.240. The third-order valence-electron chi connectivity index (χ3n) is 2.66. The van der Waals surface area contributed by atoms with Gasteiger partial charge in [-0.15, -0.1) is 0 Å². The third-order valence-corrected chi connectivity index (χ3v) is 4.31. The molecule has 0 aromatic carbocycles. The van der Waals surface area contributed by atoms with E-state index in [1.54, 1.807) is 0 Å². The zero-order valence-electron chi connectivity index (χ0n) is 6.47. The summed E-state index contributed by atoms with van der Waals surface area (Å²) >= 11 is 0. The summed E-state index contributed by atoms with van der Waals surface area (Å²) in [4.78, 5) is 0. The van der Waals surface area contributed by atoms with Crippen molar-refractivity contribution in [3.8, 4) is 0 Å². The number of sulfone groups is 1. The lowest BCUT2D eigenvalue weighted by atomic mass is 10.2. The molecule has 2 aliphatic rings. The first-order valence-electron chi connectivity index (χ1n) is 4.07. The van der Waals surface area contributed by atoms with Crippen LogP contribution < -0.4 is 5.32 Å². The molecule has 0 radical (unpaired) electrons. The molecule has 64 valence electrons. The first-order valence-corrected chi connectivity index (χ1v) is 5.90. The Kier molecular flexibility index (Phi) is 1.51. The van der Waals surface area contributed by atoms with Crippen molar-refractivity contribution in [2.24, 2.45) is 0 Å². The van der Waals surface area contributed by atoms with Crippen LogP contribution in [-0.2, 0) is 9.84 Å². The molecule has 11 heavy (non-hydrogen) atoms. The van der Waals surface area contributed by atoms with Gasteiger partial charge in [0, 0.05) is 12.1 Å². The van der Waals surface area contributed by atoms with Crippen molar-refractivity contribution in [1.29, 1.82) is 0 Å². The van der Waals surface area contributed by atoms with Crippen LogP contribution in [0.2, 0.25) is 0 Å². The highest BCUT2D eigenvalue weighted by molar-refractivity contribution is 7.91. The van der Waals surface area contributed by atoms with Crippen molar-refractivity contribution in [3.05, 3.63) is 0 Å². The first-order chi connectivity index (χ1) is 5.12. The number of hydrogen-bond acceptors (Lipinski definition) is 3. The fourth-order valence-corrected chi connectivity index (χ4v) is 2.91. The molecule has 4 heteroatoms. The molecule has 1 aliphatic heterocycles. The minimum atomic E-state index is -2.71. The van der Waals surface area contributed by atoms with Gasteiger partial charge in [-0.1, -0.05) is 0 Å². The van der Waals surface area contributed by atoms with Crippen LogP contribution in [0.4, 0.5) is 0 Å². The standard InChI is InChI=1S/C7H13NO2S/c9-11(10)5-3-7(1-2-7)8-4-6-11/h8H,1-6H2. The highest BCUT2D eigenvalue weighted by Crippen LogP contribution is 2.39. The second-order valence-electron chi connectivity index (χ2n) is 3.61. The van der Waals surface area contributed by atoms with Gasteiger partial charge in [-0.3, -0.25) is 0 Å².